The Labute approximate surface area is 227 Å². The molecule has 4 heterocycles. The van der Waals surface area contributed by atoms with E-state index in [0.717, 1.165) is 69.0 Å². The van der Waals surface area contributed by atoms with E-state index in [1.807, 2.05) is 18.2 Å². The Bertz CT molecular complexity index is 1290. The minimum Gasteiger partial charge on any atom is -0.508 e. The molecule has 39 heavy (non-hydrogen) atoms. The third-order valence-corrected chi connectivity index (χ3v) is 8.87. The number of carbonyl (C=O) groups is 4. The maximum atomic E-state index is 13.5. The van der Waals surface area contributed by atoms with Gasteiger partial charge in [-0.05, 0) is 86.9 Å². The van der Waals surface area contributed by atoms with Crippen LogP contribution in [0, 0.1) is 5.92 Å². The van der Waals surface area contributed by atoms with Crippen molar-refractivity contribution in [1.82, 2.24) is 15.1 Å². The molecule has 204 valence electrons. The van der Waals surface area contributed by atoms with Gasteiger partial charge >= 0.3 is 0 Å². The maximum absolute atomic E-state index is 13.5. The van der Waals surface area contributed by atoms with Crippen LogP contribution in [0.5, 0.6) is 5.75 Å². The number of piperidine rings is 3. The first-order valence-corrected chi connectivity index (χ1v) is 14.0. The van der Waals surface area contributed by atoms with Crippen LogP contribution in [-0.2, 0) is 9.59 Å². The summed E-state index contributed by atoms with van der Waals surface area (Å²) in [7, 11) is 0. The van der Waals surface area contributed by atoms with Gasteiger partial charge in [-0.25, -0.2) is 0 Å². The molecule has 2 N–H and O–H groups in total. The summed E-state index contributed by atoms with van der Waals surface area (Å²) in [6.45, 7) is 4.84. The van der Waals surface area contributed by atoms with Gasteiger partial charge in [0.1, 0.15) is 11.8 Å². The van der Waals surface area contributed by atoms with E-state index in [4.69, 9.17) is 0 Å². The highest BCUT2D eigenvalue weighted by atomic mass is 16.3. The summed E-state index contributed by atoms with van der Waals surface area (Å²) < 4.78 is 0. The Kier molecular flexibility index (Phi) is 6.85. The van der Waals surface area contributed by atoms with Crippen molar-refractivity contribution in [2.75, 3.05) is 37.6 Å². The number of nitrogens with one attached hydrogen (secondary N) is 1. The number of hydrogen-bond donors (Lipinski definition) is 2. The Hall–Kier alpha value is -3.72. The SMILES string of the molecule is O=C1CCC(N2C(=O)c3cccc(N4CCC(CN5CCC(c6ccc(O)cc6)CC5)CC4)c3C2=O)C(=O)N1. The van der Waals surface area contributed by atoms with Crippen molar-refractivity contribution in [3.63, 3.8) is 0 Å². The molecule has 9 nitrogen and oxygen atoms in total. The standard InChI is InChI=1S/C30H34N4O5/c35-22-6-4-20(5-7-22)21-12-14-32(15-13-21)18-19-10-16-33(17-11-19)24-3-1-2-23-27(24)30(39)34(29(23)38)25-8-9-26(36)31-28(25)37/h1-7,19,21,25,35H,8-18H2,(H,31,36,37). The van der Waals surface area contributed by atoms with Crippen LogP contribution in [0.3, 0.4) is 0 Å². The van der Waals surface area contributed by atoms with Gasteiger partial charge in [-0.3, -0.25) is 29.4 Å². The lowest BCUT2D eigenvalue weighted by molar-refractivity contribution is -0.136. The second-order valence-corrected chi connectivity index (χ2v) is 11.2. The molecule has 0 aliphatic carbocycles. The summed E-state index contributed by atoms with van der Waals surface area (Å²) in [5.74, 6) is -0.431. The zero-order valence-electron chi connectivity index (χ0n) is 22.0. The Morgan fingerprint density at radius 3 is 2.23 bits per heavy atom. The summed E-state index contributed by atoms with van der Waals surface area (Å²) in [6, 6.07) is 12.0. The second kappa shape index (κ2) is 10.4. The zero-order chi connectivity index (χ0) is 27.1. The van der Waals surface area contributed by atoms with Crippen LogP contribution in [-0.4, -0.2) is 77.3 Å². The predicted molar refractivity (Wildman–Crippen MR) is 145 cm³/mol. The van der Waals surface area contributed by atoms with Crippen molar-refractivity contribution in [3.8, 4) is 5.75 Å². The molecule has 2 aromatic carbocycles. The molecule has 0 bridgehead atoms. The lowest BCUT2D eigenvalue weighted by atomic mass is 9.88. The van der Waals surface area contributed by atoms with Crippen LogP contribution < -0.4 is 10.2 Å². The molecule has 0 radical (unpaired) electrons. The molecule has 0 spiro atoms. The summed E-state index contributed by atoms with van der Waals surface area (Å²) in [4.78, 5) is 56.4. The number of nitrogens with zero attached hydrogens (tertiary/aromatic N) is 3. The molecular weight excluding hydrogens is 496 g/mol. The van der Waals surface area contributed by atoms with Gasteiger partial charge in [0.05, 0.1) is 16.8 Å². The molecule has 0 aromatic heterocycles. The van der Waals surface area contributed by atoms with Crippen LogP contribution in [0.1, 0.15) is 70.7 Å². The van der Waals surface area contributed by atoms with E-state index in [0.29, 0.717) is 28.7 Å². The maximum Gasteiger partial charge on any atom is 0.264 e. The van der Waals surface area contributed by atoms with Crippen molar-refractivity contribution in [1.29, 1.82) is 0 Å². The van der Waals surface area contributed by atoms with Crippen molar-refractivity contribution >= 4 is 29.3 Å². The quantitative estimate of drug-likeness (QED) is 0.572. The number of phenolic OH excluding ortho intramolecular Hbond substituents is 1. The lowest BCUT2D eigenvalue weighted by Crippen LogP contribution is -2.54. The van der Waals surface area contributed by atoms with Crippen LogP contribution >= 0.6 is 0 Å². The van der Waals surface area contributed by atoms with Crippen LogP contribution in [0.15, 0.2) is 42.5 Å². The van der Waals surface area contributed by atoms with Gasteiger partial charge < -0.3 is 14.9 Å². The number of imide groups is 2. The molecule has 2 aromatic rings. The molecule has 4 aliphatic heterocycles. The molecular formula is C30H34N4O5. The first-order valence-electron chi connectivity index (χ1n) is 14.0. The first-order chi connectivity index (χ1) is 18.9. The minimum atomic E-state index is -0.952. The number of aromatic hydroxyl groups is 1. The fourth-order valence-corrected chi connectivity index (χ4v) is 6.68. The van der Waals surface area contributed by atoms with E-state index in [2.05, 4.69) is 15.1 Å². The topological polar surface area (TPSA) is 110 Å². The highest BCUT2D eigenvalue weighted by Gasteiger charge is 2.46. The normalized spacial score (nSPS) is 23.3. The number of fused-ring (bicyclic) bond motifs is 1. The second-order valence-electron chi connectivity index (χ2n) is 11.2. The van der Waals surface area contributed by atoms with E-state index < -0.39 is 23.8 Å². The largest absolute Gasteiger partial charge is 0.508 e. The Morgan fingerprint density at radius 1 is 0.821 bits per heavy atom. The molecule has 3 saturated heterocycles. The molecule has 3 fully saturated rings. The monoisotopic (exact) mass is 530 g/mol. The van der Waals surface area contributed by atoms with E-state index in [9.17, 15) is 24.3 Å². The van der Waals surface area contributed by atoms with E-state index in [1.165, 1.54) is 5.56 Å². The van der Waals surface area contributed by atoms with Gasteiger partial charge in [0.2, 0.25) is 11.8 Å². The van der Waals surface area contributed by atoms with Gasteiger partial charge in [-0.15, -0.1) is 0 Å². The summed E-state index contributed by atoms with van der Waals surface area (Å²) in [5.41, 5.74) is 2.77. The zero-order valence-corrected chi connectivity index (χ0v) is 22.0. The van der Waals surface area contributed by atoms with E-state index in [-0.39, 0.29) is 18.7 Å². The number of benzene rings is 2. The van der Waals surface area contributed by atoms with Gasteiger partial charge in [0.25, 0.3) is 11.8 Å². The molecule has 1 unspecified atom stereocenters. The number of likely N-dealkylation sites (tertiary alicyclic amines) is 1. The highest BCUT2D eigenvalue weighted by Crippen LogP contribution is 2.36. The number of amides is 4. The fourth-order valence-electron chi connectivity index (χ4n) is 6.68. The van der Waals surface area contributed by atoms with Gasteiger partial charge in [0.15, 0.2) is 0 Å². The Balaban J connectivity index is 1.06. The summed E-state index contributed by atoms with van der Waals surface area (Å²) in [6.07, 6.45) is 4.54. The fraction of sp³-hybridized carbons (Fsp3) is 0.467. The minimum absolute atomic E-state index is 0.110. The number of carbonyl (C=O) groups excluding carboxylic acids is 4. The van der Waals surface area contributed by atoms with Crippen LogP contribution in [0.25, 0.3) is 0 Å². The highest BCUT2D eigenvalue weighted by molar-refractivity contribution is 6.25. The van der Waals surface area contributed by atoms with Gasteiger partial charge in [-0.1, -0.05) is 18.2 Å². The summed E-state index contributed by atoms with van der Waals surface area (Å²) in [5, 5.41) is 11.8. The molecule has 4 aliphatic rings. The van der Waals surface area contributed by atoms with E-state index in [1.54, 1.807) is 24.3 Å². The molecule has 1 atom stereocenters. The predicted octanol–water partition coefficient (Wildman–Crippen LogP) is 2.89. The van der Waals surface area contributed by atoms with Crippen molar-refractivity contribution in [2.45, 2.75) is 50.5 Å². The molecule has 6 rings (SSSR count). The smallest absolute Gasteiger partial charge is 0.264 e. The molecule has 0 saturated carbocycles. The summed E-state index contributed by atoms with van der Waals surface area (Å²) >= 11 is 0. The average Bonchev–Trinajstić information content (AvgIpc) is 3.20. The Morgan fingerprint density at radius 2 is 1.54 bits per heavy atom. The first kappa shape index (κ1) is 25.6. The average molecular weight is 531 g/mol. The van der Waals surface area contributed by atoms with E-state index >= 15 is 0 Å². The number of hydrogen-bond acceptors (Lipinski definition) is 7. The van der Waals surface area contributed by atoms with Crippen LogP contribution in [0.2, 0.25) is 0 Å². The third kappa shape index (κ3) is 4.91. The third-order valence-electron chi connectivity index (χ3n) is 8.87. The number of phenols is 1. The van der Waals surface area contributed by atoms with Crippen molar-refractivity contribution < 1.29 is 24.3 Å². The number of rotatable bonds is 5. The van der Waals surface area contributed by atoms with Crippen LogP contribution in [0.4, 0.5) is 5.69 Å². The van der Waals surface area contributed by atoms with Gasteiger partial charge in [-0.2, -0.15) is 0 Å². The van der Waals surface area contributed by atoms with Crippen molar-refractivity contribution in [3.05, 3.63) is 59.2 Å². The molecule has 9 heteroatoms. The van der Waals surface area contributed by atoms with Crippen molar-refractivity contribution in [2.24, 2.45) is 5.92 Å². The number of anilines is 1. The van der Waals surface area contributed by atoms with Gasteiger partial charge in [0, 0.05) is 26.1 Å². The molecule has 4 amide bonds. The lowest BCUT2D eigenvalue weighted by Gasteiger charge is -2.38.